The lowest BCUT2D eigenvalue weighted by Gasteiger charge is -2.18. The predicted molar refractivity (Wildman–Crippen MR) is 75.1 cm³/mol. The van der Waals surface area contributed by atoms with Crippen LogP contribution in [0.15, 0.2) is 47.5 Å². The fraction of sp³-hybridized carbons (Fsp3) is 0.125. The number of hydrogen-bond acceptors (Lipinski definition) is 5. The molecule has 0 radical (unpaired) electrons. The predicted octanol–water partition coefficient (Wildman–Crippen LogP) is 2.66. The molecule has 3 rings (SSSR count). The molecule has 0 fully saturated rings. The second kappa shape index (κ2) is 5.61. The lowest BCUT2D eigenvalue weighted by atomic mass is 10.0. The third-order valence-corrected chi connectivity index (χ3v) is 3.11. The van der Waals surface area contributed by atoms with Gasteiger partial charge in [-0.05, 0) is 42.5 Å². The van der Waals surface area contributed by atoms with Gasteiger partial charge in [-0.25, -0.2) is 4.79 Å². The third-order valence-electron chi connectivity index (χ3n) is 3.11. The van der Waals surface area contributed by atoms with Gasteiger partial charge >= 0.3 is 0 Å². The maximum atomic E-state index is 12.4. The van der Waals surface area contributed by atoms with Crippen molar-refractivity contribution in [1.82, 2.24) is 0 Å². The van der Waals surface area contributed by atoms with Gasteiger partial charge in [0.25, 0.3) is 0 Å². The van der Waals surface area contributed by atoms with Crippen molar-refractivity contribution in [3.05, 3.63) is 53.6 Å². The van der Waals surface area contributed by atoms with E-state index in [9.17, 15) is 9.59 Å². The number of ketones is 1. The van der Waals surface area contributed by atoms with E-state index in [0.717, 1.165) is 0 Å². The SMILES string of the molecule is O=C=Nc1ccc(C(=O)c2ccc3c(c2)OCCO3)cc1. The van der Waals surface area contributed by atoms with Crippen LogP contribution in [0.2, 0.25) is 0 Å². The molecule has 21 heavy (non-hydrogen) atoms. The van der Waals surface area contributed by atoms with Gasteiger partial charge in [0.15, 0.2) is 17.3 Å². The van der Waals surface area contributed by atoms with Crippen LogP contribution in [-0.4, -0.2) is 25.1 Å². The number of rotatable bonds is 3. The number of carbonyl (C=O) groups excluding carboxylic acids is 2. The van der Waals surface area contributed by atoms with E-state index in [0.29, 0.717) is 41.5 Å². The number of benzene rings is 2. The summed E-state index contributed by atoms with van der Waals surface area (Å²) in [6.45, 7) is 0.988. The van der Waals surface area contributed by atoms with E-state index in [4.69, 9.17) is 9.47 Å². The zero-order valence-corrected chi connectivity index (χ0v) is 11.0. The Bertz CT molecular complexity index is 730. The van der Waals surface area contributed by atoms with Crippen LogP contribution in [0.3, 0.4) is 0 Å². The first-order valence-electron chi connectivity index (χ1n) is 6.40. The van der Waals surface area contributed by atoms with Crippen LogP contribution in [0.5, 0.6) is 11.5 Å². The average Bonchev–Trinajstić information content (AvgIpc) is 2.55. The number of isocyanates is 1. The number of hydrogen-bond donors (Lipinski definition) is 0. The Balaban J connectivity index is 1.89. The summed E-state index contributed by atoms with van der Waals surface area (Å²) in [5.74, 6) is 1.09. The Morgan fingerprint density at radius 3 is 2.33 bits per heavy atom. The van der Waals surface area contributed by atoms with Gasteiger partial charge in [-0.3, -0.25) is 4.79 Å². The Morgan fingerprint density at radius 2 is 1.62 bits per heavy atom. The minimum absolute atomic E-state index is 0.131. The van der Waals surface area contributed by atoms with Gasteiger partial charge in [0.1, 0.15) is 13.2 Å². The van der Waals surface area contributed by atoms with Crippen LogP contribution in [0, 0.1) is 0 Å². The smallest absolute Gasteiger partial charge is 0.240 e. The molecule has 0 aromatic heterocycles. The lowest BCUT2D eigenvalue weighted by Crippen LogP contribution is -2.15. The summed E-state index contributed by atoms with van der Waals surface area (Å²) in [4.78, 5) is 26.0. The molecule has 2 aromatic rings. The highest BCUT2D eigenvalue weighted by atomic mass is 16.6. The highest BCUT2D eigenvalue weighted by Crippen LogP contribution is 2.31. The molecule has 1 aliphatic rings. The molecule has 0 atom stereocenters. The number of ether oxygens (including phenoxy) is 2. The van der Waals surface area contributed by atoms with Crippen LogP contribution in [0.4, 0.5) is 5.69 Å². The summed E-state index contributed by atoms with van der Waals surface area (Å²) in [6.07, 6.45) is 1.46. The largest absolute Gasteiger partial charge is 0.486 e. The van der Waals surface area contributed by atoms with Crippen molar-refractivity contribution in [2.24, 2.45) is 4.99 Å². The highest BCUT2D eigenvalue weighted by molar-refractivity contribution is 6.09. The molecule has 5 nitrogen and oxygen atoms in total. The molecule has 0 N–H and O–H groups in total. The minimum Gasteiger partial charge on any atom is -0.486 e. The number of nitrogens with zero attached hydrogens (tertiary/aromatic N) is 1. The molecule has 0 amide bonds. The summed E-state index contributed by atoms with van der Waals surface area (Å²) in [7, 11) is 0. The maximum absolute atomic E-state index is 12.4. The van der Waals surface area contributed by atoms with Crippen LogP contribution in [0.25, 0.3) is 0 Å². The highest BCUT2D eigenvalue weighted by Gasteiger charge is 2.16. The molecular weight excluding hydrogens is 270 g/mol. The van der Waals surface area contributed by atoms with E-state index >= 15 is 0 Å². The molecule has 0 spiro atoms. The zero-order valence-electron chi connectivity index (χ0n) is 11.0. The fourth-order valence-corrected chi connectivity index (χ4v) is 2.09. The molecule has 1 heterocycles. The molecule has 2 aromatic carbocycles. The average molecular weight is 281 g/mol. The normalized spacial score (nSPS) is 12.4. The van der Waals surface area contributed by atoms with E-state index in [1.807, 2.05) is 0 Å². The maximum Gasteiger partial charge on any atom is 0.240 e. The Morgan fingerprint density at radius 1 is 0.952 bits per heavy atom. The van der Waals surface area contributed by atoms with E-state index in [2.05, 4.69) is 4.99 Å². The number of carbonyl (C=O) groups is 1. The van der Waals surface area contributed by atoms with Crippen molar-refractivity contribution < 1.29 is 19.1 Å². The quantitative estimate of drug-likeness (QED) is 0.493. The van der Waals surface area contributed by atoms with Gasteiger partial charge < -0.3 is 9.47 Å². The van der Waals surface area contributed by atoms with Gasteiger partial charge in [0.05, 0.1) is 5.69 Å². The van der Waals surface area contributed by atoms with Crippen molar-refractivity contribution >= 4 is 17.6 Å². The van der Waals surface area contributed by atoms with Gasteiger partial charge in [0, 0.05) is 11.1 Å². The van der Waals surface area contributed by atoms with Gasteiger partial charge in [0.2, 0.25) is 6.08 Å². The van der Waals surface area contributed by atoms with Crippen molar-refractivity contribution in [3.8, 4) is 11.5 Å². The fourth-order valence-electron chi connectivity index (χ4n) is 2.09. The van der Waals surface area contributed by atoms with Crippen LogP contribution in [0.1, 0.15) is 15.9 Å². The van der Waals surface area contributed by atoms with Crippen LogP contribution >= 0.6 is 0 Å². The molecule has 104 valence electrons. The topological polar surface area (TPSA) is 65.0 Å². The Hall–Kier alpha value is -2.91. The molecule has 0 saturated heterocycles. The van der Waals surface area contributed by atoms with E-state index in [1.54, 1.807) is 42.5 Å². The molecule has 0 unspecified atom stereocenters. The number of fused-ring (bicyclic) bond motifs is 1. The Labute approximate surface area is 120 Å². The standard InChI is InChI=1S/C16H11NO4/c18-10-17-13-4-1-11(2-5-13)16(19)12-3-6-14-15(9-12)21-8-7-20-14/h1-6,9H,7-8H2. The summed E-state index contributed by atoms with van der Waals surface area (Å²) < 4.78 is 10.9. The monoisotopic (exact) mass is 281 g/mol. The van der Waals surface area contributed by atoms with Gasteiger partial charge in [-0.2, -0.15) is 4.99 Å². The number of aliphatic imine (C=N–C) groups is 1. The molecule has 0 bridgehead atoms. The van der Waals surface area contributed by atoms with Crippen molar-refractivity contribution in [2.45, 2.75) is 0 Å². The van der Waals surface area contributed by atoms with Crippen molar-refractivity contribution in [2.75, 3.05) is 13.2 Å². The second-order valence-electron chi connectivity index (χ2n) is 4.44. The first-order valence-corrected chi connectivity index (χ1v) is 6.40. The summed E-state index contributed by atoms with van der Waals surface area (Å²) in [5, 5.41) is 0. The van der Waals surface area contributed by atoms with Crippen molar-refractivity contribution in [3.63, 3.8) is 0 Å². The van der Waals surface area contributed by atoms with Crippen LogP contribution in [-0.2, 0) is 4.79 Å². The first-order chi connectivity index (χ1) is 10.3. The van der Waals surface area contributed by atoms with Crippen LogP contribution < -0.4 is 9.47 Å². The van der Waals surface area contributed by atoms with Gasteiger partial charge in [-0.1, -0.05) is 0 Å². The Kier molecular flexibility index (Phi) is 3.50. The molecule has 1 aliphatic heterocycles. The van der Waals surface area contributed by atoms with E-state index < -0.39 is 0 Å². The summed E-state index contributed by atoms with van der Waals surface area (Å²) >= 11 is 0. The second-order valence-corrected chi connectivity index (χ2v) is 4.44. The van der Waals surface area contributed by atoms with E-state index in [1.165, 1.54) is 6.08 Å². The van der Waals surface area contributed by atoms with Gasteiger partial charge in [-0.15, -0.1) is 0 Å². The molecule has 5 heteroatoms. The minimum atomic E-state index is -0.131. The molecule has 0 aliphatic carbocycles. The first kappa shape index (κ1) is 13.1. The van der Waals surface area contributed by atoms with Crippen molar-refractivity contribution in [1.29, 1.82) is 0 Å². The summed E-state index contributed by atoms with van der Waals surface area (Å²) in [5.41, 5.74) is 1.49. The summed E-state index contributed by atoms with van der Waals surface area (Å²) in [6, 6.07) is 11.5. The van der Waals surface area contributed by atoms with E-state index in [-0.39, 0.29) is 5.78 Å². The third kappa shape index (κ3) is 2.68. The molecular formula is C16H11NO4. The molecule has 0 saturated carbocycles. The zero-order chi connectivity index (χ0) is 14.7. The lowest BCUT2D eigenvalue weighted by molar-refractivity contribution is 0.103.